The summed E-state index contributed by atoms with van der Waals surface area (Å²) in [6.07, 6.45) is 3.31. The largest absolute Gasteiger partial charge is 0.497 e. The number of hydrogen-bond acceptors (Lipinski definition) is 3. The topological polar surface area (TPSA) is 63.6 Å². The van der Waals surface area contributed by atoms with E-state index in [4.69, 9.17) is 4.74 Å². The van der Waals surface area contributed by atoms with Crippen molar-refractivity contribution in [2.45, 2.75) is 18.9 Å². The molecule has 2 aromatic rings. The number of nitrogens with zero attached hydrogens (tertiary/aromatic N) is 2. The molecule has 0 saturated carbocycles. The molecule has 1 aromatic heterocycles. The molecule has 2 amide bonds. The summed E-state index contributed by atoms with van der Waals surface area (Å²) < 4.78 is 7.72. The summed E-state index contributed by atoms with van der Waals surface area (Å²) in [6.45, 7) is 0.586. The minimum atomic E-state index is -0.455. The molecule has 7 heteroatoms. The van der Waals surface area contributed by atoms with Gasteiger partial charge in [-0.15, -0.1) is 0 Å². The van der Waals surface area contributed by atoms with E-state index in [-0.39, 0.29) is 11.8 Å². The normalized spacial score (nSPS) is 16.8. The van der Waals surface area contributed by atoms with Gasteiger partial charge in [0.25, 0.3) is 5.91 Å². The summed E-state index contributed by atoms with van der Waals surface area (Å²) in [5, 5.41) is 2.89. The molecular weight excluding hydrogens is 386 g/mol. The van der Waals surface area contributed by atoms with Crippen molar-refractivity contribution < 1.29 is 14.3 Å². The maximum atomic E-state index is 12.8. The second-order valence-corrected chi connectivity index (χ2v) is 6.94. The number of ether oxygens (including phenoxy) is 1. The van der Waals surface area contributed by atoms with Crippen molar-refractivity contribution in [1.29, 1.82) is 0 Å². The van der Waals surface area contributed by atoms with Crippen molar-refractivity contribution in [3.05, 3.63) is 46.7 Å². The predicted molar refractivity (Wildman–Crippen MR) is 98.8 cm³/mol. The van der Waals surface area contributed by atoms with Crippen LogP contribution >= 0.6 is 15.9 Å². The van der Waals surface area contributed by atoms with Crippen LogP contribution in [0.2, 0.25) is 0 Å². The molecule has 132 valence electrons. The number of methoxy groups -OCH3 is 1. The highest BCUT2D eigenvalue weighted by molar-refractivity contribution is 9.10. The molecule has 0 spiro atoms. The SMILES string of the molecule is COc1ccc(NC(=O)C2CCCN2C(=O)c2cc(Br)cn2C)cc1. The van der Waals surface area contributed by atoms with Gasteiger partial charge < -0.3 is 19.5 Å². The van der Waals surface area contributed by atoms with E-state index in [9.17, 15) is 9.59 Å². The Kier molecular flexibility index (Phi) is 5.13. The van der Waals surface area contributed by atoms with Crippen molar-refractivity contribution in [2.24, 2.45) is 7.05 Å². The Bertz CT molecular complexity index is 785. The highest BCUT2D eigenvalue weighted by Crippen LogP contribution is 2.24. The van der Waals surface area contributed by atoms with E-state index in [2.05, 4.69) is 21.2 Å². The summed E-state index contributed by atoms with van der Waals surface area (Å²) in [5.41, 5.74) is 1.25. The van der Waals surface area contributed by atoms with Crippen molar-refractivity contribution in [3.63, 3.8) is 0 Å². The predicted octanol–water partition coefficient (Wildman–Crippen LogP) is 3.04. The molecule has 1 aliphatic heterocycles. The number of anilines is 1. The van der Waals surface area contributed by atoms with Crippen LogP contribution in [0.15, 0.2) is 41.0 Å². The quantitative estimate of drug-likeness (QED) is 0.849. The van der Waals surface area contributed by atoms with Gasteiger partial charge in [-0.2, -0.15) is 0 Å². The molecule has 25 heavy (non-hydrogen) atoms. The van der Waals surface area contributed by atoms with Gasteiger partial charge in [0.15, 0.2) is 0 Å². The number of benzene rings is 1. The summed E-state index contributed by atoms with van der Waals surface area (Å²) in [5.74, 6) is 0.440. The lowest BCUT2D eigenvalue weighted by atomic mass is 10.2. The zero-order valence-electron chi connectivity index (χ0n) is 14.2. The number of aromatic nitrogens is 1. The lowest BCUT2D eigenvalue weighted by Crippen LogP contribution is -2.43. The van der Waals surface area contributed by atoms with E-state index >= 15 is 0 Å². The first-order chi connectivity index (χ1) is 12.0. The molecule has 2 heterocycles. The number of nitrogens with one attached hydrogen (secondary N) is 1. The van der Waals surface area contributed by atoms with Gasteiger partial charge in [0, 0.05) is 29.9 Å². The third kappa shape index (κ3) is 3.71. The third-order valence-electron chi connectivity index (χ3n) is 4.36. The molecular formula is C18H20BrN3O3. The van der Waals surface area contributed by atoms with E-state index in [1.807, 2.05) is 13.2 Å². The number of amides is 2. The van der Waals surface area contributed by atoms with Crippen molar-refractivity contribution in [3.8, 4) is 5.75 Å². The standard InChI is InChI=1S/C18H20BrN3O3/c1-21-11-12(19)10-16(21)18(24)22-9-3-4-15(22)17(23)20-13-5-7-14(25-2)8-6-13/h5-8,10-11,15H,3-4,9H2,1-2H3,(H,20,23). The highest BCUT2D eigenvalue weighted by Gasteiger charge is 2.35. The number of carbonyl (C=O) groups excluding carboxylic acids is 2. The number of carbonyl (C=O) groups is 2. The van der Waals surface area contributed by atoms with E-state index in [1.165, 1.54) is 0 Å². The van der Waals surface area contributed by atoms with Crippen molar-refractivity contribution in [1.82, 2.24) is 9.47 Å². The van der Waals surface area contributed by atoms with E-state index in [1.54, 1.807) is 46.9 Å². The van der Waals surface area contributed by atoms with Crippen LogP contribution in [0.5, 0.6) is 5.75 Å². The maximum absolute atomic E-state index is 12.8. The van der Waals surface area contributed by atoms with Crippen LogP contribution in [0.25, 0.3) is 0 Å². The maximum Gasteiger partial charge on any atom is 0.271 e. The fourth-order valence-electron chi connectivity index (χ4n) is 3.07. The zero-order valence-corrected chi connectivity index (χ0v) is 15.7. The second-order valence-electron chi connectivity index (χ2n) is 6.03. The summed E-state index contributed by atoms with van der Waals surface area (Å²) in [6, 6.07) is 8.46. The first kappa shape index (κ1) is 17.5. The Morgan fingerprint density at radius 3 is 2.60 bits per heavy atom. The third-order valence-corrected chi connectivity index (χ3v) is 4.80. The van der Waals surface area contributed by atoms with Crippen molar-refractivity contribution in [2.75, 3.05) is 19.0 Å². The van der Waals surface area contributed by atoms with E-state index < -0.39 is 6.04 Å². The number of likely N-dealkylation sites (tertiary alicyclic amines) is 1. The van der Waals surface area contributed by atoms with E-state index in [0.717, 1.165) is 16.6 Å². The lowest BCUT2D eigenvalue weighted by molar-refractivity contribution is -0.119. The zero-order chi connectivity index (χ0) is 18.0. The van der Waals surface area contributed by atoms with Crippen LogP contribution in [0, 0.1) is 0 Å². The molecule has 1 aromatic carbocycles. The number of aryl methyl sites for hydroxylation is 1. The van der Waals surface area contributed by atoms with Crippen LogP contribution < -0.4 is 10.1 Å². The number of hydrogen-bond donors (Lipinski definition) is 1. The summed E-state index contributed by atoms with van der Waals surface area (Å²) in [4.78, 5) is 27.1. The molecule has 3 rings (SSSR count). The Balaban J connectivity index is 1.72. The smallest absolute Gasteiger partial charge is 0.271 e. The van der Waals surface area contributed by atoms with E-state index in [0.29, 0.717) is 24.3 Å². The molecule has 1 fully saturated rings. The molecule has 1 aliphatic rings. The van der Waals surface area contributed by atoms with Gasteiger partial charge in [0.05, 0.1) is 7.11 Å². The Morgan fingerprint density at radius 1 is 1.28 bits per heavy atom. The van der Waals surface area contributed by atoms with Gasteiger partial charge >= 0.3 is 0 Å². The molecule has 0 radical (unpaired) electrons. The van der Waals surface area contributed by atoms with Gasteiger partial charge in [-0.3, -0.25) is 9.59 Å². The number of rotatable bonds is 4. The molecule has 0 aliphatic carbocycles. The molecule has 1 N–H and O–H groups in total. The van der Waals surface area contributed by atoms with Crippen LogP contribution in [-0.4, -0.2) is 41.0 Å². The second kappa shape index (κ2) is 7.31. The molecule has 1 unspecified atom stereocenters. The molecule has 1 saturated heterocycles. The first-order valence-corrected chi connectivity index (χ1v) is 8.86. The number of halogens is 1. The highest BCUT2D eigenvalue weighted by atomic mass is 79.9. The molecule has 1 atom stereocenters. The molecule has 6 nitrogen and oxygen atoms in total. The summed E-state index contributed by atoms with van der Waals surface area (Å²) in [7, 11) is 3.41. The van der Waals surface area contributed by atoms with Gasteiger partial charge in [-0.25, -0.2) is 0 Å². The van der Waals surface area contributed by atoms with Gasteiger partial charge in [0.1, 0.15) is 17.5 Å². The monoisotopic (exact) mass is 405 g/mol. The van der Waals surface area contributed by atoms with Crippen LogP contribution in [0.1, 0.15) is 23.3 Å². The van der Waals surface area contributed by atoms with Gasteiger partial charge in [0.2, 0.25) is 5.91 Å². The van der Waals surface area contributed by atoms with Crippen LogP contribution in [0.4, 0.5) is 5.69 Å². The minimum Gasteiger partial charge on any atom is -0.497 e. The Morgan fingerprint density at radius 2 is 2.00 bits per heavy atom. The summed E-state index contributed by atoms with van der Waals surface area (Å²) >= 11 is 3.38. The lowest BCUT2D eigenvalue weighted by Gasteiger charge is -2.24. The van der Waals surface area contributed by atoms with Crippen molar-refractivity contribution >= 4 is 33.4 Å². The minimum absolute atomic E-state index is 0.124. The van der Waals surface area contributed by atoms with Crippen LogP contribution in [-0.2, 0) is 11.8 Å². The Labute approximate surface area is 154 Å². The molecule has 0 bridgehead atoms. The average Bonchev–Trinajstić information content (AvgIpc) is 3.21. The van der Waals surface area contributed by atoms with Crippen LogP contribution in [0.3, 0.4) is 0 Å². The van der Waals surface area contributed by atoms with Gasteiger partial charge in [-0.1, -0.05) is 0 Å². The Hall–Kier alpha value is -2.28. The first-order valence-electron chi connectivity index (χ1n) is 8.07. The fraction of sp³-hybridized carbons (Fsp3) is 0.333. The fourth-order valence-corrected chi connectivity index (χ4v) is 3.59. The van der Waals surface area contributed by atoms with Gasteiger partial charge in [-0.05, 0) is 59.1 Å². The average molecular weight is 406 g/mol.